The molecule has 1 N–H and O–H groups in total. The van der Waals surface area contributed by atoms with Crippen molar-refractivity contribution in [2.75, 3.05) is 0 Å². The minimum absolute atomic E-state index is 0.109. The third kappa shape index (κ3) is 2.75. The first-order valence-corrected chi connectivity index (χ1v) is 5.98. The Morgan fingerprint density at radius 1 is 0.824 bits per heavy atom. The number of aryl methyl sites for hydroxylation is 1. The fourth-order valence-corrected chi connectivity index (χ4v) is 1.99. The molecule has 0 aliphatic rings. The molecule has 0 radical (unpaired) electrons. The van der Waals surface area contributed by atoms with Crippen molar-refractivity contribution in [3.8, 4) is 0 Å². The second kappa shape index (κ2) is 5.15. The zero-order valence-corrected chi connectivity index (χ0v) is 10.3. The SMILES string of the molecule is Cc1ccc(C(C)C(O)c2ccccc2)cc1. The van der Waals surface area contributed by atoms with Gasteiger partial charge in [-0.05, 0) is 18.1 Å². The van der Waals surface area contributed by atoms with E-state index in [2.05, 4.69) is 38.1 Å². The van der Waals surface area contributed by atoms with Crippen molar-refractivity contribution in [3.05, 3.63) is 71.3 Å². The third-order valence-corrected chi connectivity index (χ3v) is 3.22. The molecule has 2 atom stereocenters. The Balaban J connectivity index is 2.20. The number of hydrogen-bond acceptors (Lipinski definition) is 1. The highest BCUT2D eigenvalue weighted by atomic mass is 16.3. The Morgan fingerprint density at radius 2 is 1.41 bits per heavy atom. The summed E-state index contributed by atoms with van der Waals surface area (Å²) in [5.74, 6) is 0.109. The minimum Gasteiger partial charge on any atom is -0.388 e. The molecule has 0 aromatic heterocycles. The van der Waals surface area contributed by atoms with Crippen LogP contribution in [0, 0.1) is 6.92 Å². The molecule has 2 aromatic rings. The average Bonchev–Trinajstić information content (AvgIpc) is 2.39. The topological polar surface area (TPSA) is 20.2 Å². The molecule has 0 saturated heterocycles. The molecule has 0 amide bonds. The van der Waals surface area contributed by atoms with E-state index in [0.29, 0.717) is 0 Å². The lowest BCUT2D eigenvalue weighted by Gasteiger charge is -2.19. The maximum Gasteiger partial charge on any atom is 0.0855 e. The van der Waals surface area contributed by atoms with Crippen LogP contribution in [0.3, 0.4) is 0 Å². The van der Waals surface area contributed by atoms with Crippen LogP contribution < -0.4 is 0 Å². The lowest BCUT2D eigenvalue weighted by molar-refractivity contribution is 0.151. The Morgan fingerprint density at radius 3 is 2.00 bits per heavy atom. The molecule has 0 spiro atoms. The maximum absolute atomic E-state index is 10.3. The number of benzene rings is 2. The van der Waals surface area contributed by atoms with Crippen LogP contribution in [0.1, 0.15) is 35.6 Å². The highest BCUT2D eigenvalue weighted by Gasteiger charge is 2.17. The molecule has 2 rings (SSSR count). The van der Waals surface area contributed by atoms with E-state index in [0.717, 1.165) is 5.56 Å². The molecule has 0 aliphatic heterocycles. The molecule has 0 heterocycles. The molecule has 17 heavy (non-hydrogen) atoms. The van der Waals surface area contributed by atoms with Crippen LogP contribution in [0.4, 0.5) is 0 Å². The summed E-state index contributed by atoms with van der Waals surface area (Å²) in [4.78, 5) is 0. The van der Waals surface area contributed by atoms with Crippen molar-refractivity contribution < 1.29 is 5.11 Å². The van der Waals surface area contributed by atoms with Crippen LogP contribution in [-0.2, 0) is 0 Å². The first kappa shape index (κ1) is 11.9. The van der Waals surface area contributed by atoms with Gasteiger partial charge in [-0.15, -0.1) is 0 Å². The predicted octanol–water partition coefficient (Wildman–Crippen LogP) is 3.83. The lowest BCUT2D eigenvalue weighted by atomic mass is 9.90. The molecule has 1 heteroatoms. The van der Waals surface area contributed by atoms with Gasteiger partial charge in [-0.2, -0.15) is 0 Å². The van der Waals surface area contributed by atoms with Crippen molar-refractivity contribution in [1.29, 1.82) is 0 Å². The van der Waals surface area contributed by atoms with Gasteiger partial charge in [0, 0.05) is 5.92 Å². The van der Waals surface area contributed by atoms with Gasteiger partial charge in [-0.25, -0.2) is 0 Å². The molecule has 88 valence electrons. The summed E-state index contributed by atoms with van der Waals surface area (Å²) in [6.07, 6.45) is -0.445. The van der Waals surface area contributed by atoms with Gasteiger partial charge < -0.3 is 5.11 Å². The second-order valence-corrected chi connectivity index (χ2v) is 4.55. The van der Waals surface area contributed by atoms with E-state index in [1.165, 1.54) is 11.1 Å². The zero-order chi connectivity index (χ0) is 12.3. The van der Waals surface area contributed by atoms with Crippen molar-refractivity contribution in [3.63, 3.8) is 0 Å². The molecular weight excluding hydrogens is 208 g/mol. The van der Waals surface area contributed by atoms with Crippen LogP contribution in [0.25, 0.3) is 0 Å². The highest BCUT2D eigenvalue weighted by Crippen LogP contribution is 2.30. The molecule has 1 nitrogen and oxygen atoms in total. The standard InChI is InChI=1S/C16H18O/c1-12-8-10-14(11-9-12)13(2)16(17)15-6-4-3-5-7-15/h3-11,13,16-17H,1-2H3. The van der Waals surface area contributed by atoms with E-state index < -0.39 is 6.10 Å². The molecule has 0 fully saturated rings. The minimum atomic E-state index is -0.445. The van der Waals surface area contributed by atoms with Gasteiger partial charge in [-0.1, -0.05) is 67.1 Å². The van der Waals surface area contributed by atoms with Crippen LogP contribution in [0.2, 0.25) is 0 Å². The Labute approximate surface area is 103 Å². The Hall–Kier alpha value is -1.60. The smallest absolute Gasteiger partial charge is 0.0855 e. The molecule has 2 aromatic carbocycles. The van der Waals surface area contributed by atoms with Gasteiger partial charge >= 0.3 is 0 Å². The summed E-state index contributed by atoms with van der Waals surface area (Å²) in [6.45, 7) is 4.13. The van der Waals surface area contributed by atoms with Crippen LogP contribution >= 0.6 is 0 Å². The quantitative estimate of drug-likeness (QED) is 0.843. The fourth-order valence-electron chi connectivity index (χ4n) is 1.99. The predicted molar refractivity (Wildman–Crippen MR) is 71.0 cm³/mol. The van der Waals surface area contributed by atoms with Crippen LogP contribution in [-0.4, -0.2) is 5.11 Å². The Bertz CT molecular complexity index is 459. The normalized spacial score (nSPS) is 14.3. The van der Waals surface area contributed by atoms with Gasteiger partial charge in [0.05, 0.1) is 6.10 Å². The summed E-state index contributed by atoms with van der Waals surface area (Å²) in [6, 6.07) is 18.2. The molecule has 2 unspecified atom stereocenters. The highest BCUT2D eigenvalue weighted by molar-refractivity contribution is 5.28. The number of rotatable bonds is 3. The average molecular weight is 226 g/mol. The van der Waals surface area contributed by atoms with Gasteiger partial charge in [0.15, 0.2) is 0 Å². The van der Waals surface area contributed by atoms with Gasteiger partial charge in [0.1, 0.15) is 0 Å². The van der Waals surface area contributed by atoms with Gasteiger partial charge in [-0.3, -0.25) is 0 Å². The summed E-state index contributed by atoms with van der Waals surface area (Å²) in [5.41, 5.74) is 3.39. The van der Waals surface area contributed by atoms with Crippen molar-refractivity contribution in [2.45, 2.75) is 25.9 Å². The second-order valence-electron chi connectivity index (χ2n) is 4.55. The summed E-state index contributed by atoms with van der Waals surface area (Å²) >= 11 is 0. The number of aliphatic hydroxyl groups is 1. The maximum atomic E-state index is 10.3. The molecular formula is C16H18O. The molecule has 0 bridgehead atoms. The van der Waals surface area contributed by atoms with E-state index in [9.17, 15) is 5.11 Å². The van der Waals surface area contributed by atoms with Gasteiger partial charge in [0.2, 0.25) is 0 Å². The molecule has 0 saturated carbocycles. The monoisotopic (exact) mass is 226 g/mol. The van der Waals surface area contributed by atoms with Crippen molar-refractivity contribution in [2.24, 2.45) is 0 Å². The first-order chi connectivity index (χ1) is 8.18. The molecule has 0 aliphatic carbocycles. The first-order valence-electron chi connectivity index (χ1n) is 5.98. The summed E-state index contributed by atoms with van der Waals surface area (Å²) in [7, 11) is 0. The van der Waals surface area contributed by atoms with Gasteiger partial charge in [0.25, 0.3) is 0 Å². The lowest BCUT2D eigenvalue weighted by Crippen LogP contribution is -2.07. The van der Waals surface area contributed by atoms with E-state index in [4.69, 9.17) is 0 Å². The number of aliphatic hydroxyl groups excluding tert-OH is 1. The fraction of sp³-hybridized carbons (Fsp3) is 0.250. The van der Waals surface area contributed by atoms with E-state index >= 15 is 0 Å². The number of hydrogen-bond donors (Lipinski definition) is 1. The zero-order valence-electron chi connectivity index (χ0n) is 10.3. The van der Waals surface area contributed by atoms with Crippen LogP contribution in [0.5, 0.6) is 0 Å². The largest absolute Gasteiger partial charge is 0.388 e. The van der Waals surface area contributed by atoms with Crippen LogP contribution in [0.15, 0.2) is 54.6 Å². The van der Waals surface area contributed by atoms with E-state index in [-0.39, 0.29) is 5.92 Å². The Kier molecular flexibility index (Phi) is 3.60. The summed E-state index contributed by atoms with van der Waals surface area (Å²) < 4.78 is 0. The van der Waals surface area contributed by atoms with Crippen molar-refractivity contribution in [1.82, 2.24) is 0 Å². The van der Waals surface area contributed by atoms with E-state index in [1.807, 2.05) is 30.3 Å². The summed E-state index contributed by atoms with van der Waals surface area (Å²) in [5, 5.41) is 10.3. The van der Waals surface area contributed by atoms with Crippen molar-refractivity contribution >= 4 is 0 Å². The third-order valence-electron chi connectivity index (χ3n) is 3.22. The van der Waals surface area contributed by atoms with E-state index in [1.54, 1.807) is 0 Å².